The zero-order chi connectivity index (χ0) is 11.8. The molecule has 0 fully saturated rings. The van der Waals surface area contributed by atoms with Gasteiger partial charge in [-0.15, -0.1) is 0 Å². The summed E-state index contributed by atoms with van der Waals surface area (Å²) in [5, 5.41) is 0. The van der Waals surface area contributed by atoms with Gasteiger partial charge in [0.05, 0.1) is 13.0 Å². The van der Waals surface area contributed by atoms with Gasteiger partial charge in [-0.05, 0) is 13.0 Å². The maximum Gasteiger partial charge on any atom is 0.309 e. The summed E-state index contributed by atoms with van der Waals surface area (Å²) >= 11 is 0. The zero-order valence-electron chi connectivity index (χ0n) is 9.18. The quantitative estimate of drug-likeness (QED) is 0.468. The number of rotatable bonds is 5. The molecule has 2 N–H and O–H groups in total. The first-order valence-electron chi connectivity index (χ1n) is 5.06. The third kappa shape index (κ3) is 3.74. The van der Waals surface area contributed by atoms with Crippen molar-refractivity contribution in [1.82, 2.24) is 0 Å². The van der Waals surface area contributed by atoms with Gasteiger partial charge in [-0.3, -0.25) is 4.79 Å². The van der Waals surface area contributed by atoms with Crippen molar-refractivity contribution < 1.29 is 14.4 Å². The van der Waals surface area contributed by atoms with Crippen LogP contribution >= 0.6 is 0 Å². The molecule has 0 bridgehead atoms. The molecule has 4 nitrogen and oxygen atoms in total. The summed E-state index contributed by atoms with van der Waals surface area (Å²) in [5.41, 5.74) is 0.828. The van der Waals surface area contributed by atoms with Crippen LogP contribution in [0, 0.1) is 0 Å². The molecular weight excluding hydrogens is 206 g/mol. The Morgan fingerprint density at radius 2 is 2.06 bits per heavy atom. The monoisotopic (exact) mass is 221 g/mol. The lowest BCUT2D eigenvalue weighted by Gasteiger charge is -2.05. The molecule has 0 spiro atoms. The van der Waals surface area contributed by atoms with E-state index in [0.29, 0.717) is 12.4 Å². The van der Waals surface area contributed by atoms with Gasteiger partial charge in [0.2, 0.25) is 0 Å². The summed E-state index contributed by atoms with van der Waals surface area (Å²) in [5.74, 6) is 5.31. The Morgan fingerprint density at radius 1 is 1.38 bits per heavy atom. The smallest absolute Gasteiger partial charge is 0.309 e. The van der Waals surface area contributed by atoms with E-state index in [1.807, 2.05) is 30.3 Å². The minimum Gasteiger partial charge on any atom is -0.466 e. The molecule has 86 valence electrons. The van der Waals surface area contributed by atoms with E-state index >= 15 is 0 Å². The molecule has 0 saturated carbocycles. The van der Waals surface area contributed by atoms with Crippen LogP contribution in [0.5, 0.6) is 0 Å². The maximum absolute atomic E-state index is 11.1. The van der Waals surface area contributed by atoms with Crippen molar-refractivity contribution in [2.24, 2.45) is 5.90 Å². The van der Waals surface area contributed by atoms with Crippen molar-refractivity contribution in [2.75, 3.05) is 6.61 Å². The summed E-state index contributed by atoms with van der Waals surface area (Å²) in [6.45, 7) is 2.13. The van der Waals surface area contributed by atoms with E-state index in [0.717, 1.165) is 5.56 Å². The molecule has 16 heavy (non-hydrogen) atoms. The Balaban J connectivity index is 2.68. The van der Waals surface area contributed by atoms with Crippen molar-refractivity contribution >= 4 is 11.7 Å². The molecule has 0 saturated heterocycles. The summed E-state index contributed by atoms with van der Waals surface area (Å²) < 4.78 is 4.79. The van der Waals surface area contributed by atoms with Crippen molar-refractivity contribution in [3.8, 4) is 0 Å². The first-order chi connectivity index (χ1) is 7.77. The van der Waals surface area contributed by atoms with E-state index in [2.05, 4.69) is 0 Å². The van der Waals surface area contributed by atoms with Crippen molar-refractivity contribution in [3.05, 3.63) is 42.0 Å². The standard InChI is InChI=1S/C12H15NO3/c1-2-15-12(14)9-8-11(16-13)10-6-4-3-5-7-10/h3-8H,2,9,13H2,1H3/b11-8-. The Kier molecular flexibility index (Phi) is 5.08. The van der Waals surface area contributed by atoms with Gasteiger partial charge in [0, 0.05) is 5.56 Å². The van der Waals surface area contributed by atoms with E-state index in [-0.39, 0.29) is 12.4 Å². The van der Waals surface area contributed by atoms with E-state index in [4.69, 9.17) is 15.5 Å². The highest BCUT2D eigenvalue weighted by Gasteiger charge is 2.04. The highest BCUT2D eigenvalue weighted by molar-refractivity contribution is 5.74. The summed E-state index contributed by atoms with van der Waals surface area (Å²) in [6, 6.07) is 9.33. The Morgan fingerprint density at radius 3 is 2.62 bits per heavy atom. The fourth-order valence-corrected chi connectivity index (χ4v) is 1.23. The van der Waals surface area contributed by atoms with Crippen molar-refractivity contribution in [3.63, 3.8) is 0 Å². The minimum atomic E-state index is -0.298. The van der Waals surface area contributed by atoms with Gasteiger partial charge >= 0.3 is 5.97 Å². The average Bonchev–Trinajstić information content (AvgIpc) is 2.31. The Labute approximate surface area is 94.6 Å². The predicted octanol–water partition coefficient (Wildman–Crippen LogP) is 1.87. The third-order valence-electron chi connectivity index (χ3n) is 1.94. The molecule has 1 aromatic carbocycles. The van der Waals surface area contributed by atoms with Gasteiger partial charge in [-0.1, -0.05) is 30.3 Å². The van der Waals surface area contributed by atoms with E-state index in [1.165, 1.54) is 0 Å². The first kappa shape index (κ1) is 12.3. The van der Waals surface area contributed by atoms with Gasteiger partial charge in [-0.25, -0.2) is 0 Å². The van der Waals surface area contributed by atoms with Crippen LogP contribution in [0.1, 0.15) is 18.9 Å². The number of nitrogens with two attached hydrogens (primary N) is 1. The highest BCUT2D eigenvalue weighted by atomic mass is 16.6. The number of ether oxygens (including phenoxy) is 1. The average molecular weight is 221 g/mol. The Bertz CT molecular complexity index is 360. The summed E-state index contributed by atoms with van der Waals surface area (Å²) in [4.78, 5) is 15.8. The largest absolute Gasteiger partial charge is 0.466 e. The zero-order valence-corrected chi connectivity index (χ0v) is 9.18. The molecule has 0 aliphatic rings. The van der Waals surface area contributed by atoms with Gasteiger partial charge in [0.1, 0.15) is 0 Å². The summed E-state index contributed by atoms with van der Waals surface area (Å²) in [6.07, 6.45) is 1.75. The van der Waals surface area contributed by atoms with Crippen LogP contribution in [0.2, 0.25) is 0 Å². The predicted molar refractivity (Wildman–Crippen MR) is 60.9 cm³/mol. The lowest BCUT2D eigenvalue weighted by atomic mass is 10.1. The number of carbonyl (C=O) groups excluding carboxylic acids is 1. The number of hydrogen-bond acceptors (Lipinski definition) is 4. The topological polar surface area (TPSA) is 61.5 Å². The SMILES string of the molecule is CCOC(=O)C/C=C(\ON)c1ccccc1. The molecular formula is C12H15NO3. The van der Waals surface area contributed by atoms with Crippen LogP contribution in [0.15, 0.2) is 36.4 Å². The fourth-order valence-electron chi connectivity index (χ4n) is 1.23. The number of carbonyl (C=O) groups is 1. The van der Waals surface area contributed by atoms with Gasteiger partial charge in [0.15, 0.2) is 5.76 Å². The molecule has 0 radical (unpaired) electrons. The molecule has 0 amide bonds. The molecule has 0 atom stereocenters. The molecule has 0 aliphatic heterocycles. The minimum absolute atomic E-state index is 0.148. The highest BCUT2D eigenvalue weighted by Crippen LogP contribution is 2.14. The van der Waals surface area contributed by atoms with E-state index < -0.39 is 0 Å². The van der Waals surface area contributed by atoms with Crippen molar-refractivity contribution in [2.45, 2.75) is 13.3 Å². The molecule has 0 aliphatic carbocycles. The van der Waals surface area contributed by atoms with Crippen LogP contribution in [0.3, 0.4) is 0 Å². The van der Waals surface area contributed by atoms with E-state index in [1.54, 1.807) is 13.0 Å². The van der Waals surface area contributed by atoms with Gasteiger partial charge in [0.25, 0.3) is 0 Å². The van der Waals surface area contributed by atoms with Crippen LogP contribution < -0.4 is 5.90 Å². The van der Waals surface area contributed by atoms with Crippen molar-refractivity contribution in [1.29, 1.82) is 0 Å². The second kappa shape index (κ2) is 6.63. The lowest BCUT2D eigenvalue weighted by molar-refractivity contribution is -0.142. The maximum atomic E-state index is 11.1. The molecule has 0 heterocycles. The molecule has 0 unspecified atom stereocenters. The number of benzene rings is 1. The van der Waals surface area contributed by atoms with Gasteiger partial charge < -0.3 is 9.57 Å². The van der Waals surface area contributed by atoms with E-state index in [9.17, 15) is 4.79 Å². The van der Waals surface area contributed by atoms with Crippen LogP contribution in [0.4, 0.5) is 0 Å². The number of esters is 1. The second-order valence-electron chi connectivity index (χ2n) is 3.06. The lowest BCUT2D eigenvalue weighted by Crippen LogP contribution is -2.04. The molecule has 1 aromatic rings. The molecule has 4 heteroatoms. The second-order valence-corrected chi connectivity index (χ2v) is 3.06. The van der Waals surface area contributed by atoms with Crippen LogP contribution in [-0.4, -0.2) is 12.6 Å². The molecule has 1 rings (SSSR count). The van der Waals surface area contributed by atoms with Crippen LogP contribution in [0.25, 0.3) is 5.76 Å². The van der Waals surface area contributed by atoms with Crippen LogP contribution in [-0.2, 0) is 14.4 Å². The van der Waals surface area contributed by atoms with Gasteiger partial charge in [-0.2, -0.15) is 5.90 Å². The first-order valence-corrected chi connectivity index (χ1v) is 5.06. The fraction of sp³-hybridized carbons (Fsp3) is 0.250. The third-order valence-corrected chi connectivity index (χ3v) is 1.94. The Hall–Kier alpha value is -1.81. The number of hydrogen-bond donors (Lipinski definition) is 1. The molecule has 0 aromatic heterocycles. The normalized spacial score (nSPS) is 11.0. The summed E-state index contributed by atoms with van der Waals surface area (Å²) in [7, 11) is 0.